The minimum Gasteiger partial charge on any atom is -0.366 e. The zero-order valence-corrected chi connectivity index (χ0v) is 15.7. The number of nitrogens with one attached hydrogen (secondary N) is 2. The van der Waals surface area contributed by atoms with Gasteiger partial charge in [-0.1, -0.05) is 64.7 Å². The summed E-state index contributed by atoms with van der Waals surface area (Å²) in [6, 6.07) is 8.70. The lowest BCUT2D eigenvalue weighted by molar-refractivity contribution is -0.121. The van der Waals surface area contributed by atoms with Crippen LogP contribution in [0, 0.1) is 5.92 Å². The average molecular weight is 348 g/mol. The molecule has 5 heteroatoms. The summed E-state index contributed by atoms with van der Waals surface area (Å²) in [5.41, 5.74) is 3.29. The molecule has 25 heavy (non-hydrogen) atoms. The van der Waals surface area contributed by atoms with Crippen LogP contribution in [0.25, 0.3) is 0 Å². The van der Waals surface area contributed by atoms with E-state index >= 15 is 0 Å². The Bertz CT molecular complexity index is 503. The van der Waals surface area contributed by atoms with E-state index in [1.54, 1.807) is 24.3 Å². The number of hydroxylamine groups is 1. The molecule has 1 rings (SSSR count). The fourth-order valence-electron chi connectivity index (χ4n) is 2.38. The van der Waals surface area contributed by atoms with E-state index < -0.39 is 5.97 Å². The van der Waals surface area contributed by atoms with E-state index in [1.165, 1.54) is 19.3 Å². The van der Waals surface area contributed by atoms with Gasteiger partial charge in [-0.25, -0.2) is 4.79 Å². The molecule has 0 aliphatic heterocycles. The monoisotopic (exact) mass is 348 g/mol. The number of carbonyl (C=O) groups is 2. The van der Waals surface area contributed by atoms with Gasteiger partial charge in [-0.15, -0.1) is 5.48 Å². The van der Waals surface area contributed by atoms with Gasteiger partial charge in [0.25, 0.3) is 0 Å². The zero-order valence-electron chi connectivity index (χ0n) is 15.7. The van der Waals surface area contributed by atoms with Crippen LogP contribution in [0.4, 0.5) is 0 Å². The molecule has 0 heterocycles. The molecule has 0 unspecified atom stereocenters. The molecule has 0 saturated heterocycles. The zero-order chi connectivity index (χ0) is 18.5. The largest absolute Gasteiger partial charge is 0.366 e. The molecule has 2 N–H and O–H groups in total. The van der Waals surface area contributed by atoms with Crippen molar-refractivity contribution < 1.29 is 14.4 Å². The Morgan fingerprint density at radius 2 is 1.72 bits per heavy atom. The standard InChI is InChI=1S/C20H32N2O3/c1-4-5-6-7-11-14-19(23)21-15-18(16(2)3)22-25-20(24)17-12-9-8-10-13-17/h8-10,12-13,16,18,22H,4-7,11,14-15H2,1-3H3,(H,21,23)/t18-/m0/s1. The summed E-state index contributed by atoms with van der Waals surface area (Å²) in [6.45, 7) is 6.65. The molecule has 5 nitrogen and oxygen atoms in total. The van der Waals surface area contributed by atoms with Gasteiger partial charge in [-0.2, -0.15) is 0 Å². The second-order valence-electron chi connectivity index (χ2n) is 6.69. The first-order chi connectivity index (χ1) is 12.0. The van der Waals surface area contributed by atoms with Gasteiger partial charge in [0.15, 0.2) is 0 Å². The molecule has 1 aromatic rings. The highest BCUT2D eigenvalue weighted by Crippen LogP contribution is 2.06. The molecular weight excluding hydrogens is 316 g/mol. The number of amides is 1. The van der Waals surface area contributed by atoms with Gasteiger partial charge in [0, 0.05) is 13.0 Å². The van der Waals surface area contributed by atoms with Crippen molar-refractivity contribution >= 4 is 11.9 Å². The Labute approximate surface area is 151 Å². The Balaban J connectivity index is 2.29. The van der Waals surface area contributed by atoms with Gasteiger partial charge in [0.2, 0.25) is 5.91 Å². The maximum absolute atomic E-state index is 12.0. The summed E-state index contributed by atoms with van der Waals surface area (Å²) < 4.78 is 0. The molecule has 0 spiro atoms. The fraction of sp³-hybridized carbons (Fsp3) is 0.600. The minimum atomic E-state index is -0.423. The summed E-state index contributed by atoms with van der Waals surface area (Å²) in [5.74, 6) is -0.153. The third kappa shape index (κ3) is 9.25. The van der Waals surface area contributed by atoms with E-state index in [4.69, 9.17) is 4.84 Å². The van der Waals surface area contributed by atoms with Gasteiger partial charge in [0.05, 0.1) is 11.6 Å². The van der Waals surface area contributed by atoms with Crippen LogP contribution in [0.15, 0.2) is 30.3 Å². The molecule has 0 aliphatic carbocycles. The molecule has 0 bridgehead atoms. The maximum atomic E-state index is 12.0. The summed E-state index contributed by atoms with van der Waals surface area (Å²) in [7, 11) is 0. The molecule has 0 radical (unpaired) electrons. The van der Waals surface area contributed by atoms with E-state index in [-0.39, 0.29) is 17.9 Å². The number of hydrogen-bond donors (Lipinski definition) is 2. The molecule has 0 fully saturated rings. The van der Waals surface area contributed by atoms with Gasteiger partial charge in [-0.05, 0) is 24.5 Å². The van der Waals surface area contributed by atoms with Gasteiger partial charge >= 0.3 is 5.97 Å². The highest BCUT2D eigenvalue weighted by Gasteiger charge is 2.17. The Hall–Kier alpha value is -1.88. The third-order valence-electron chi connectivity index (χ3n) is 4.14. The number of rotatable bonds is 12. The molecule has 1 atom stereocenters. The molecule has 0 saturated carbocycles. The lowest BCUT2D eigenvalue weighted by Gasteiger charge is -2.22. The first kappa shape index (κ1) is 21.2. The molecule has 0 aromatic heterocycles. The van der Waals surface area contributed by atoms with Crippen LogP contribution in [-0.2, 0) is 9.63 Å². The van der Waals surface area contributed by atoms with Crippen molar-refractivity contribution in [2.45, 2.75) is 65.3 Å². The van der Waals surface area contributed by atoms with E-state index in [1.807, 2.05) is 19.9 Å². The molecule has 1 amide bonds. The predicted molar refractivity (Wildman–Crippen MR) is 100 cm³/mol. The van der Waals surface area contributed by atoms with Crippen molar-refractivity contribution in [2.75, 3.05) is 6.54 Å². The second kappa shape index (κ2) is 12.5. The summed E-state index contributed by atoms with van der Waals surface area (Å²) in [4.78, 5) is 29.1. The lowest BCUT2D eigenvalue weighted by atomic mass is 10.1. The predicted octanol–water partition coefficient (Wildman–Crippen LogP) is 3.85. The van der Waals surface area contributed by atoms with Crippen molar-refractivity contribution in [1.82, 2.24) is 10.8 Å². The van der Waals surface area contributed by atoms with Crippen LogP contribution in [-0.4, -0.2) is 24.5 Å². The van der Waals surface area contributed by atoms with Crippen molar-refractivity contribution in [1.29, 1.82) is 0 Å². The van der Waals surface area contributed by atoms with Gasteiger partial charge in [-0.3, -0.25) is 4.79 Å². The van der Waals surface area contributed by atoms with Crippen molar-refractivity contribution in [3.05, 3.63) is 35.9 Å². The van der Waals surface area contributed by atoms with Crippen LogP contribution in [0.2, 0.25) is 0 Å². The van der Waals surface area contributed by atoms with Crippen molar-refractivity contribution in [3.63, 3.8) is 0 Å². The topological polar surface area (TPSA) is 67.4 Å². The SMILES string of the molecule is CCCCCCCC(=O)NC[C@H](NOC(=O)c1ccccc1)C(C)C. The fourth-order valence-corrected chi connectivity index (χ4v) is 2.38. The Morgan fingerprint density at radius 1 is 1.04 bits per heavy atom. The van der Waals surface area contributed by atoms with Gasteiger partial charge in [0.1, 0.15) is 0 Å². The molecule has 140 valence electrons. The normalized spacial score (nSPS) is 12.0. The Kier molecular flexibility index (Phi) is 10.6. The van der Waals surface area contributed by atoms with Crippen LogP contribution >= 0.6 is 0 Å². The van der Waals surface area contributed by atoms with Crippen LogP contribution in [0.5, 0.6) is 0 Å². The second-order valence-corrected chi connectivity index (χ2v) is 6.69. The molecular formula is C20H32N2O3. The third-order valence-corrected chi connectivity index (χ3v) is 4.14. The van der Waals surface area contributed by atoms with Crippen LogP contribution in [0.1, 0.15) is 69.7 Å². The minimum absolute atomic E-state index is 0.0540. The highest BCUT2D eigenvalue weighted by molar-refractivity contribution is 5.89. The number of unbranched alkanes of at least 4 members (excludes halogenated alkanes) is 4. The Morgan fingerprint density at radius 3 is 2.36 bits per heavy atom. The summed E-state index contributed by atoms with van der Waals surface area (Å²) in [5, 5.41) is 2.93. The summed E-state index contributed by atoms with van der Waals surface area (Å²) >= 11 is 0. The average Bonchev–Trinajstić information content (AvgIpc) is 2.61. The summed E-state index contributed by atoms with van der Waals surface area (Å²) in [6.07, 6.45) is 6.20. The van der Waals surface area contributed by atoms with Gasteiger partial charge < -0.3 is 10.2 Å². The van der Waals surface area contributed by atoms with Crippen molar-refractivity contribution in [2.24, 2.45) is 5.92 Å². The van der Waals surface area contributed by atoms with E-state index in [0.29, 0.717) is 18.5 Å². The number of hydrogen-bond acceptors (Lipinski definition) is 4. The lowest BCUT2D eigenvalue weighted by Crippen LogP contribution is -2.44. The molecule has 0 aliphatic rings. The molecule has 1 aromatic carbocycles. The first-order valence-corrected chi connectivity index (χ1v) is 9.33. The number of carbonyl (C=O) groups excluding carboxylic acids is 2. The number of benzene rings is 1. The van der Waals surface area contributed by atoms with E-state index in [0.717, 1.165) is 12.8 Å². The first-order valence-electron chi connectivity index (χ1n) is 9.33. The quantitative estimate of drug-likeness (QED) is 0.445. The smallest absolute Gasteiger partial charge is 0.356 e. The highest BCUT2D eigenvalue weighted by atomic mass is 16.7. The van der Waals surface area contributed by atoms with Crippen LogP contribution < -0.4 is 10.8 Å². The van der Waals surface area contributed by atoms with Crippen molar-refractivity contribution in [3.8, 4) is 0 Å². The van der Waals surface area contributed by atoms with Crippen LogP contribution in [0.3, 0.4) is 0 Å². The van der Waals surface area contributed by atoms with E-state index in [9.17, 15) is 9.59 Å². The maximum Gasteiger partial charge on any atom is 0.356 e. The van der Waals surface area contributed by atoms with E-state index in [2.05, 4.69) is 17.7 Å².